The number of hydrogen-bond donors (Lipinski definition) is 2. The van der Waals surface area contributed by atoms with Crippen molar-refractivity contribution < 1.29 is 14.7 Å². The van der Waals surface area contributed by atoms with E-state index in [1.54, 1.807) is 12.1 Å². The SMILES string of the molecule is C#CCCC1(CCC(=O)NC2CCCc3c(C(=O)O)cccc32)N=N1. The molecule has 2 N–H and O–H groups in total. The molecule has 6 nitrogen and oxygen atoms in total. The number of hydrogen-bond acceptors (Lipinski definition) is 4. The minimum atomic E-state index is -0.920. The lowest BCUT2D eigenvalue weighted by Crippen LogP contribution is -2.32. The standard InChI is InChI=1S/C19H21N3O3/c1-2-3-11-19(21-22-19)12-10-17(23)20-16-9-5-6-13-14(16)7-4-8-15(13)18(24)25/h1,4,7-8,16H,3,5-6,9-12H2,(H,20,23)(H,24,25). The topological polar surface area (TPSA) is 91.1 Å². The van der Waals surface area contributed by atoms with E-state index in [-0.39, 0.29) is 11.9 Å². The summed E-state index contributed by atoms with van der Waals surface area (Å²) in [5, 5.41) is 20.5. The van der Waals surface area contributed by atoms with Crippen LogP contribution in [0, 0.1) is 12.3 Å². The number of fused-ring (bicyclic) bond motifs is 1. The maximum atomic E-state index is 12.3. The van der Waals surface area contributed by atoms with Gasteiger partial charge in [-0.2, -0.15) is 10.2 Å². The van der Waals surface area contributed by atoms with Crippen LogP contribution < -0.4 is 5.32 Å². The number of terminal acetylenes is 1. The zero-order valence-corrected chi connectivity index (χ0v) is 14.0. The molecule has 0 bridgehead atoms. The first-order valence-corrected chi connectivity index (χ1v) is 8.57. The summed E-state index contributed by atoms with van der Waals surface area (Å²) in [5.41, 5.74) is 1.64. The highest BCUT2D eigenvalue weighted by atomic mass is 16.4. The summed E-state index contributed by atoms with van der Waals surface area (Å²) in [6, 6.07) is 5.14. The van der Waals surface area contributed by atoms with Crippen LogP contribution in [0.5, 0.6) is 0 Å². The molecule has 1 amide bonds. The summed E-state index contributed by atoms with van der Waals surface area (Å²) in [6.45, 7) is 0. The Balaban J connectivity index is 1.61. The smallest absolute Gasteiger partial charge is 0.335 e. The first-order valence-electron chi connectivity index (χ1n) is 8.57. The molecule has 1 aliphatic carbocycles. The van der Waals surface area contributed by atoms with Crippen molar-refractivity contribution in [2.75, 3.05) is 0 Å². The Bertz CT molecular complexity index is 758. The number of benzene rings is 1. The molecule has 1 aromatic rings. The minimum absolute atomic E-state index is 0.0593. The third-order valence-corrected chi connectivity index (χ3v) is 4.88. The van der Waals surface area contributed by atoms with E-state index < -0.39 is 11.6 Å². The zero-order valence-electron chi connectivity index (χ0n) is 14.0. The number of carbonyl (C=O) groups excluding carboxylic acids is 1. The van der Waals surface area contributed by atoms with E-state index in [0.717, 1.165) is 30.4 Å². The van der Waals surface area contributed by atoms with Crippen LogP contribution in [-0.4, -0.2) is 22.6 Å². The molecule has 1 aromatic carbocycles. The van der Waals surface area contributed by atoms with Crippen LogP contribution in [-0.2, 0) is 11.2 Å². The van der Waals surface area contributed by atoms with Gasteiger partial charge in [0.25, 0.3) is 0 Å². The second kappa shape index (κ2) is 7.06. The fraction of sp³-hybridized carbons (Fsp3) is 0.474. The van der Waals surface area contributed by atoms with E-state index in [4.69, 9.17) is 6.42 Å². The molecule has 2 aliphatic rings. The van der Waals surface area contributed by atoms with E-state index in [9.17, 15) is 14.7 Å². The Hall–Kier alpha value is -2.68. The van der Waals surface area contributed by atoms with Gasteiger partial charge in [-0.25, -0.2) is 4.79 Å². The predicted octanol–water partition coefficient (Wildman–Crippen LogP) is 3.23. The molecular formula is C19H21N3O3. The Morgan fingerprint density at radius 3 is 2.84 bits per heavy atom. The van der Waals surface area contributed by atoms with E-state index in [1.165, 1.54) is 0 Å². The lowest BCUT2D eigenvalue weighted by atomic mass is 9.84. The Morgan fingerprint density at radius 2 is 2.16 bits per heavy atom. The lowest BCUT2D eigenvalue weighted by molar-refractivity contribution is -0.122. The molecule has 0 aromatic heterocycles. The van der Waals surface area contributed by atoms with Gasteiger partial charge >= 0.3 is 5.97 Å². The Labute approximate surface area is 146 Å². The van der Waals surface area contributed by atoms with Gasteiger partial charge in [0.1, 0.15) is 0 Å². The molecule has 0 saturated carbocycles. The van der Waals surface area contributed by atoms with Gasteiger partial charge in [0.2, 0.25) is 5.91 Å². The average molecular weight is 339 g/mol. The second-order valence-electron chi connectivity index (χ2n) is 6.58. The molecule has 0 spiro atoms. The van der Waals surface area contributed by atoms with Crippen molar-refractivity contribution in [2.45, 2.75) is 56.7 Å². The highest BCUT2D eigenvalue weighted by Crippen LogP contribution is 2.38. The van der Waals surface area contributed by atoms with Crippen molar-refractivity contribution in [1.29, 1.82) is 0 Å². The molecule has 1 aliphatic heterocycles. The first kappa shape index (κ1) is 17.2. The van der Waals surface area contributed by atoms with Crippen LogP contribution in [0.4, 0.5) is 0 Å². The van der Waals surface area contributed by atoms with E-state index in [2.05, 4.69) is 21.5 Å². The molecule has 0 fully saturated rings. The van der Waals surface area contributed by atoms with Crippen LogP contribution in [0.3, 0.4) is 0 Å². The fourth-order valence-electron chi connectivity index (χ4n) is 3.45. The molecule has 130 valence electrons. The van der Waals surface area contributed by atoms with Gasteiger partial charge < -0.3 is 10.4 Å². The summed E-state index contributed by atoms with van der Waals surface area (Å²) >= 11 is 0. The molecule has 3 rings (SSSR count). The number of aromatic carboxylic acids is 1. The molecule has 1 heterocycles. The number of nitrogens with zero attached hydrogens (tertiary/aromatic N) is 2. The van der Waals surface area contributed by atoms with Crippen molar-refractivity contribution in [3.63, 3.8) is 0 Å². The van der Waals surface area contributed by atoms with Crippen molar-refractivity contribution in [1.82, 2.24) is 5.32 Å². The van der Waals surface area contributed by atoms with Gasteiger partial charge in [-0.05, 0) is 36.5 Å². The average Bonchev–Trinajstić information content (AvgIpc) is 3.38. The molecule has 6 heteroatoms. The second-order valence-corrected chi connectivity index (χ2v) is 6.58. The maximum Gasteiger partial charge on any atom is 0.335 e. The minimum Gasteiger partial charge on any atom is -0.478 e. The molecule has 25 heavy (non-hydrogen) atoms. The van der Waals surface area contributed by atoms with Crippen molar-refractivity contribution in [3.8, 4) is 12.3 Å². The Kier molecular flexibility index (Phi) is 4.84. The van der Waals surface area contributed by atoms with Crippen LogP contribution >= 0.6 is 0 Å². The largest absolute Gasteiger partial charge is 0.478 e. The first-order chi connectivity index (χ1) is 12.0. The third kappa shape index (κ3) is 3.87. The fourth-order valence-corrected chi connectivity index (χ4v) is 3.45. The number of carboxylic acid groups (broad SMARTS) is 1. The number of carboxylic acids is 1. The molecule has 0 radical (unpaired) electrons. The monoisotopic (exact) mass is 339 g/mol. The summed E-state index contributed by atoms with van der Waals surface area (Å²) < 4.78 is 0. The van der Waals surface area contributed by atoms with E-state index >= 15 is 0 Å². The number of carbonyl (C=O) groups is 2. The number of rotatable bonds is 7. The van der Waals surface area contributed by atoms with Gasteiger partial charge in [0.15, 0.2) is 5.66 Å². The normalized spacial score (nSPS) is 19.6. The molecule has 0 saturated heterocycles. The molecule has 1 atom stereocenters. The highest BCUT2D eigenvalue weighted by molar-refractivity contribution is 5.90. The third-order valence-electron chi connectivity index (χ3n) is 4.88. The van der Waals surface area contributed by atoms with Crippen LogP contribution in [0.15, 0.2) is 28.4 Å². The van der Waals surface area contributed by atoms with Gasteiger partial charge in [0.05, 0.1) is 11.6 Å². The number of amides is 1. The van der Waals surface area contributed by atoms with Crippen molar-refractivity contribution in [2.24, 2.45) is 10.2 Å². The van der Waals surface area contributed by atoms with Gasteiger partial charge in [0, 0.05) is 25.7 Å². The van der Waals surface area contributed by atoms with Gasteiger partial charge in [-0.15, -0.1) is 12.3 Å². The van der Waals surface area contributed by atoms with Crippen molar-refractivity contribution >= 4 is 11.9 Å². The highest BCUT2D eigenvalue weighted by Gasteiger charge is 2.39. The molecule has 1 unspecified atom stereocenters. The summed E-state index contributed by atoms with van der Waals surface area (Å²) in [6.07, 6.45) is 9.86. The summed E-state index contributed by atoms with van der Waals surface area (Å²) in [5.74, 6) is 1.59. The zero-order chi connectivity index (χ0) is 17.9. The van der Waals surface area contributed by atoms with Crippen LogP contribution in [0.1, 0.15) is 66.1 Å². The summed E-state index contributed by atoms with van der Waals surface area (Å²) in [7, 11) is 0. The predicted molar refractivity (Wildman–Crippen MR) is 92.1 cm³/mol. The number of nitrogens with one attached hydrogen (secondary N) is 1. The van der Waals surface area contributed by atoms with Gasteiger partial charge in [-0.1, -0.05) is 12.1 Å². The van der Waals surface area contributed by atoms with Crippen molar-refractivity contribution in [3.05, 3.63) is 34.9 Å². The maximum absolute atomic E-state index is 12.3. The van der Waals surface area contributed by atoms with Crippen LogP contribution in [0.25, 0.3) is 0 Å². The Morgan fingerprint density at radius 1 is 1.36 bits per heavy atom. The van der Waals surface area contributed by atoms with Crippen LogP contribution in [0.2, 0.25) is 0 Å². The summed E-state index contributed by atoms with van der Waals surface area (Å²) in [4.78, 5) is 23.7. The van der Waals surface area contributed by atoms with Gasteiger partial charge in [-0.3, -0.25) is 4.79 Å². The lowest BCUT2D eigenvalue weighted by Gasteiger charge is -2.27. The van der Waals surface area contributed by atoms with E-state index in [0.29, 0.717) is 31.2 Å². The molecular weight excluding hydrogens is 318 g/mol. The van der Waals surface area contributed by atoms with E-state index in [1.807, 2.05) is 6.07 Å². The quantitative estimate of drug-likeness (QED) is 0.747.